The molecule has 0 rings (SSSR count). The van der Waals surface area contributed by atoms with Crippen LogP contribution in [0, 0.1) is 0 Å². The molecule has 0 radical (unpaired) electrons. The van der Waals surface area contributed by atoms with Crippen molar-refractivity contribution in [3.8, 4) is 0 Å². The van der Waals surface area contributed by atoms with E-state index >= 15 is 0 Å². The zero-order valence-corrected chi connectivity index (χ0v) is 31.1. The van der Waals surface area contributed by atoms with Gasteiger partial charge in [0, 0.05) is 0 Å². The standard InChI is InChI=1S/C33H63O6PS3/c1-4-7-10-13-16-19-22-25-37-31(34)28-41-40(42-29-32(35)38-26-23-20-17-14-11-8-5-2)43-30-33(36)39-27-24-21-18-15-12-9-6-3/h4-30H2,1-3H3. The van der Waals surface area contributed by atoms with Gasteiger partial charge in [-0.05, 0) is 19.3 Å². The number of hydrogen-bond donors (Lipinski definition) is 0. The fourth-order valence-electron chi connectivity index (χ4n) is 4.29. The van der Waals surface area contributed by atoms with Crippen molar-refractivity contribution in [2.45, 2.75) is 156 Å². The van der Waals surface area contributed by atoms with Gasteiger partial charge in [0.1, 0.15) is 0 Å². The van der Waals surface area contributed by atoms with E-state index in [9.17, 15) is 14.4 Å². The molecule has 0 fully saturated rings. The van der Waals surface area contributed by atoms with Crippen molar-refractivity contribution < 1.29 is 28.6 Å². The van der Waals surface area contributed by atoms with Crippen molar-refractivity contribution >= 4 is 57.6 Å². The van der Waals surface area contributed by atoms with Crippen molar-refractivity contribution in [1.29, 1.82) is 0 Å². The second kappa shape index (κ2) is 34.8. The monoisotopic (exact) mass is 682 g/mol. The molecule has 0 amide bonds. The maximum Gasteiger partial charge on any atom is 0.316 e. The molecule has 0 saturated heterocycles. The van der Waals surface area contributed by atoms with E-state index in [0.717, 1.165) is 38.5 Å². The number of carbonyl (C=O) groups is 3. The molecule has 10 heteroatoms. The van der Waals surface area contributed by atoms with E-state index in [-0.39, 0.29) is 35.2 Å². The Morgan fingerprint density at radius 3 is 0.884 bits per heavy atom. The van der Waals surface area contributed by atoms with Crippen LogP contribution in [-0.2, 0) is 28.6 Å². The molecule has 0 saturated carbocycles. The first-order valence-electron chi connectivity index (χ1n) is 17.2. The molecular formula is C33H63O6PS3. The lowest BCUT2D eigenvalue weighted by Gasteiger charge is -2.15. The van der Waals surface area contributed by atoms with Crippen molar-refractivity contribution in [3.63, 3.8) is 0 Å². The van der Waals surface area contributed by atoms with Crippen LogP contribution in [0.3, 0.4) is 0 Å². The number of carbonyl (C=O) groups excluding carboxylic acids is 3. The summed E-state index contributed by atoms with van der Waals surface area (Å²) in [5, 5.41) is 0. The molecule has 0 aliphatic heterocycles. The van der Waals surface area contributed by atoms with E-state index in [1.165, 1.54) is 130 Å². The summed E-state index contributed by atoms with van der Waals surface area (Å²) < 4.78 is 16.3. The molecule has 254 valence electrons. The molecule has 0 bridgehead atoms. The van der Waals surface area contributed by atoms with E-state index < -0.39 is 5.53 Å². The zero-order chi connectivity index (χ0) is 31.6. The van der Waals surface area contributed by atoms with Gasteiger partial charge in [0.05, 0.1) is 42.6 Å². The van der Waals surface area contributed by atoms with E-state index in [1.54, 1.807) is 0 Å². The van der Waals surface area contributed by atoms with Gasteiger partial charge in [-0.1, -0.05) is 136 Å². The quantitative estimate of drug-likeness (QED) is 0.0291. The summed E-state index contributed by atoms with van der Waals surface area (Å²) in [6.45, 7) is 8.03. The van der Waals surface area contributed by atoms with E-state index in [0.29, 0.717) is 19.8 Å². The molecule has 0 aromatic rings. The summed E-state index contributed by atoms with van der Waals surface area (Å²) in [7, 11) is 0. The Balaban J connectivity index is 4.34. The second-order valence-electron chi connectivity index (χ2n) is 11.1. The summed E-state index contributed by atoms with van der Waals surface area (Å²) in [6.07, 6.45) is 24.7. The Kier molecular flexibility index (Phi) is 34.7. The van der Waals surface area contributed by atoms with Crippen LogP contribution in [0.1, 0.15) is 156 Å². The fourth-order valence-corrected chi connectivity index (χ4v) is 12.8. The van der Waals surface area contributed by atoms with Crippen molar-refractivity contribution in [2.75, 3.05) is 37.1 Å². The third-order valence-electron chi connectivity index (χ3n) is 6.90. The summed E-state index contributed by atoms with van der Waals surface area (Å²) in [5.41, 5.74) is -0.902. The average Bonchev–Trinajstić information content (AvgIpc) is 3.00. The van der Waals surface area contributed by atoms with Crippen LogP contribution < -0.4 is 0 Å². The lowest BCUT2D eigenvalue weighted by atomic mass is 10.1. The highest BCUT2D eigenvalue weighted by molar-refractivity contribution is 9.12. The van der Waals surface area contributed by atoms with Crippen molar-refractivity contribution in [3.05, 3.63) is 0 Å². The van der Waals surface area contributed by atoms with Gasteiger partial charge in [-0.25, -0.2) is 0 Å². The summed E-state index contributed by atoms with van der Waals surface area (Å²) in [6, 6.07) is 0. The third kappa shape index (κ3) is 33.1. The normalized spacial score (nSPS) is 11.2. The van der Waals surface area contributed by atoms with Gasteiger partial charge in [-0.15, -0.1) is 34.1 Å². The smallest absolute Gasteiger partial charge is 0.316 e. The molecule has 6 nitrogen and oxygen atoms in total. The molecule has 0 aliphatic rings. The highest BCUT2D eigenvalue weighted by atomic mass is 33.4. The maximum absolute atomic E-state index is 12.3. The Hall–Kier alpha value is -0.110. The van der Waals surface area contributed by atoms with Crippen LogP contribution in [0.2, 0.25) is 0 Å². The van der Waals surface area contributed by atoms with Gasteiger partial charge in [-0.3, -0.25) is 14.4 Å². The molecule has 0 spiro atoms. The highest BCUT2D eigenvalue weighted by Crippen LogP contribution is 2.70. The number of unbranched alkanes of at least 4 members (excludes halogenated alkanes) is 18. The first-order chi connectivity index (χ1) is 21.0. The lowest BCUT2D eigenvalue weighted by molar-refractivity contribution is -0.141. The molecule has 0 N–H and O–H groups in total. The second-order valence-corrected chi connectivity index (χ2v) is 20.8. The molecule has 0 aliphatic carbocycles. The number of hydrogen-bond acceptors (Lipinski definition) is 9. The Morgan fingerprint density at radius 1 is 0.395 bits per heavy atom. The van der Waals surface area contributed by atoms with Crippen LogP contribution in [0.5, 0.6) is 0 Å². The molecule has 0 aromatic heterocycles. The van der Waals surface area contributed by atoms with Crippen molar-refractivity contribution in [2.24, 2.45) is 0 Å². The van der Waals surface area contributed by atoms with Crippen LogP contribution in [-0.4, -0.2) is 55.0 Å². The minimum Gasteiger partial charge on any atom is -0.465 e. The molecule has 0 aromatic carbocycles. The molecule has 43 heavy (non-hydrogen) atoms. The van der Waals surface area contributed by atoms with Crippen molar-refractivity contribution in [1.82, 2.24) is 0 Å². The van der Waals surface area contributed by atoms with Crippen LogP contribution in [0.15, 0.2) is 0 Å². The largest absolute Gasteiger partial charge is 0.465 e. The predicted molar refractivity (Wildman–Crippen MR) is 191 cm³/mol. The summed E-state index contributed by atoms with van der Waals surface area (Å²) in [5.74, 6) is -0.0132. The molecule has 0 atom stereocenters. The summed E-state index contributed by atoms with van der Waals surface area (Å²) in [4.78, 5) is 37.0. The Bertz CT molecular complexity index is 571. The third-order valence-corrected chi connectivity index (χ3v) is 17.4. The van der Waals surface area contributed by atoms with Gasteiger partial charge < -0.3 is 14.2 Å². The van der Waals surface area contributed by atoms with E-state index in [2.05, 4.69) is 20.8 Å². The van der Waals surface area contributed by atoms with E-state index in [1.807, 2.05) is 0 Å². The van der Waals surface area contributed by atoms with Gasteiger partial charge in [-0.2, -0.15) is 0 Å². The first kappa shape index (κ1) is 42.9. The minimum atomic E-state index is -0.902. The number of ether oxygens (including phenoxy) is 3. The number of rotatable bonds is 33. The van der Waals surface area contributed by atoms with E-state index in [4.69, 9.17) is 14.2 Å². The zero-order valence-electron chi connectivity index (χ0n) is 27.7. The fraction of sp³-hybridized carbons (Fsp3) is 0.909. The molecular weight excluding hydrogens is 620 g/mol. The lowest BCUT2D eigenvalue weighted by Crippen LogP contribution is -2.10. The SMILES string of the molecule is CCCCCCCCCOC(=O)CSP(SCC(=O)OCCCCCCCCC)SCC(=O)OCCCCCCCCC. The predicted octanol–water partition coefficient (Wildman–Crippen LogP) is 11.3. The first-order valence-corrected chi connectivity index (χ1v) is 23.3. The Morgan fingerprint density at radius 2 is 0.628 bits per heavy atom. The maximum atomic E-state index is 12.3. The average molecular weight is 683 g/mol. The topological polar surface area (TPSA) is 78.9 Å². The minimum absolute atomic E-state index is 0.225. The van der Waals surface area contributed by atoms with Gasteiger partial charge in [0.25, 0.3) is 0 Å². The Labute approximate surface area is 277 Å². The van der Waals surface area contributed by atoms with Gasteiger partial charge >= 0.3 is 17.9 Å². The molecule has 0 heterocycles. The molecule has 0 unspecified atom stereocenters. The van der Waals surface area contributed by atoms with Gasteiger partial charge in [0.2, 0.25) is 0 Å². The van der Waals surface area contributed by atoms with Gasteiger partial charge in [0.15, 0.2) is 0 Å². The highest BCUT2D eigenvalue weighted by Gasteiger charge is 2.19. The van der Waals surface area contributed by atoms with Crippen LogP contribution in [0.25, 0.3) is 0 Å². The van der Waals surface area contributed by atoms with Crippen LogP contribution >= 0.6 is 39.7 Å². The van der Waals surface area contributed by atoms with Crippen LogP contribution in [0.4, 0.5) is 0 Å². The summed E-state index contributed by atoms with van der Waals surface area (Å²) >= 11 is 4.42. The number of esters is 3.